The molecule has 0 bridgehead atoms. The van der Waals surface area contributed by atoms with Crippen molar-refractivity contribution in [3.05, 3.63) is 24.2 Å². The van der Waals surface area contributed by atoms with E-state index in [9.17, 15) is 0 Å². The highest BCUT2D eigenvalue weighted by Crippen LogP contribution is 2.10. The Morgan fingerprint density at radius 1 is 1.36 bits per heavy atom. The summed E-state index contributed by atoms with van der Waals surface area (Å²) >= 11 is 0. The lowest BCUT2D eigenvalue weighted by molar-refractivity contribution is 1.08. The molecule has 0 aliphatic heterocycles. The molecule has 4 nitrogen and oxygen atoms in total. The number of fused-ring (bicyclic) bond motifs is 1. The lowest BCUT2D eigenvalue weighted by atomic mass is 10.3. The van der Waals surface area contributed by atoms with Crippen molar-refractivity contribution in [3.8, 4) is 0 Å². The zero-order valence-corrected chi connectivity index (χ0v) is 5.91. The van der Waals surface area contributed by atoms with Crippen molar-refractivity contribution in [3.63, 3.8) is 0 Å². The molecule has 0 aliphatic rings. The lowest BCUT2D eigenvalue weighted by Gasteiger charge is -1.89. The van der Waals surface area contributed by atoms with Gasteiger partial charge in [-0.1, -0.05) is 0 Å². The van der Waals surface area contributed by atoms with E-state index in [4.69, 9.17) is 5.73 Å². The molecule has 0 aliphatic carbocycles. The summed E-state index contributed by atoms with van der Waals surface area (Å²) in [7, 11) is 0. The van der Waals surface area contributed by atoms with Crippen molar-refractivity contribution >= 4 is 11.2 Å². The van der Waals surface area contributed by atoms with E-state index in [1.807, 2.05) is 6.20 Å². The first-order valence-corrected chi connectivity index (χ1v) is 3.39. The second-order valence-corrected chi connectivity index (χ2v) is 2.27. The van der Waals surface area contributed by atoms with Crippen molar-refractivity contribution in [2.45, 2.75) is 6.54 Å². The number of hydrogen-bond acceptors (Lipinski definition) is 3. The second-order valence-electron chi connectivity index (χ2n) is 2.27. The first kappa shape index (κ1) is 6.30. The van der Waals surface area contributed by atoms with Gasteiger partial charge in [0.2, 0.25) is 0 Å². The van der Waals surface area contributed by atoms with E-state index >= 15 is 0 Å². The van der Waals surface area contributed by atoms with Crippen LogP contribution in [0.3, 0.4) is 0 Å². The van der Waals surface area contributed by atoms with Gasteiger partial charge < -0.3 is 10.7 Å². The molecule has 0 unspecified atom stereocenters. The van der Waals surface area contributed by atoms with Gasteiger partial charge in [0.1, 0.15) is 5.52 Å². The number of nitrogens with two attached hydrogens (primary N) is 1. The fraction of sp³-hybridized carbons (Fsp3) is 0.143. The molecule has 2 rings (SSSR count). The molecule has 0 amide bonds. The zero-order valence-electron chi connectivity index (χ0n) is 5.91. The van der Waals surface area contributed by atoms with Crippen LogP contribution in [0.4, 0.5) is 0 Å². The molecule has 2 heterocycles. The normalized spacial score (nSPS) is 10.6. The average molecular weight is 148 g/mol. The highest BCUT2D eigenvalue weighted by atomic mass is 14.9. The standard InChI is InChI=1S/C7H8N4/c8-3-5-4-11-7-6(5)9-1-2-10-7/h1-2,4H,3,8H2,(H,10,11). The van der Waals surface area contributed by atoms with E-state index < -0.39 is 0 Å². The van der Waals surface area contributed by atoms with E-state index in [1.54, 1.807) is 12.4 Å². The van der Waals surface area contributed by atoms with Gasteiger partial charge in [-0.25, -0.2) is 4.98 Å². The molecule has 0 radical (unpaired) electrons. The minimum absolute atomic E-state index is 0.499. The smallest absolute Gasteiger partial charge is 0.156 e. The lowest BCUT2D eigenvalue weighted by Crippen LogP contribution is -1.94. The van der Waals surface area contributed by atoms with Crippen molar-refractivity contribution < 1.29 is 0 Å². The van der Waals surface area contributed by atoms with E-state index in [0.717, 1.165) is 16.7 Å². The van der Waals surface area contributed by atoms with Gasteiger partial charge in [0.05, 0.1) is 0 Å². The first-order chi connectivity index (χ1) is 5.42. The minimum Gasteiger partial charge on any atom is -0.344 e. The number of hydrogen-bond donors (Lipinski definition) is 2. The Kier molecular flexibility index (Phi) is 1.33. The molecule has 0 fully saturated rings. The van der Waals surface area contributed by atoms with Gasteiger partial charge in [-0.3, -0.25) is 4.98 Å². The van der Waals surface area contributed by atoms with Crippen LogP contribution in [-0.2, 0) is 6.54 Å². The van der Waals surface area contributed by atoms with Gasteiger partial charge >= 0.3 is 0 Å². The van der Waals surface area contributed by atoms with E-state index in [-0.39, 0.29) is 0 Å². The van der Waals surface area contributed by atoms with Crippen LogP contribution in [0.25, 0.3) is 11.2 Å². The molecule has 0 aromatic carbocycles. The molecule has 0 saturated carbocycles. The largest absolute Gasteiger partial charge is 0.344 e. The monoisotopic (exact) mass is 148 g/mol. The average Bonchev–Trinajstić information content (AvgIpc) is 2.47. The number of nitrogens with one attached hydrogen (secondary N) is 1. The van der Waals surface area contributed by atoms with Gasteiger partial charge in [0.15, 0.2) is 5.65 Å². The number of aromatic amines is 1. The zero-order chi connectivity index (χ0) is 7.68. The van der Waals surface area contributed by atoms with Crippen molar-refractivity contribution in [2.24, 2.45) is 5.73 Å². The van der Waals surface area contributed by atoms with Crippen LogP contribution in [0.2, 0.25) is 0 Å². The molecule has 0 saturated heterocycles. The topological polar surface area (TPSA) is 67.6 Å². The SMILES string of the molecule is NCc1c[nH]c2nccnc12. The summed E-state index contributed by atoms with van der Waals surface area (Å²) in [6, 6.07) is 0. The van der Waals surface area contributed by atoms with Gasteiger partial charge in [0.25, 0.3) is 0 Å². The molecule has 11 heavy (non-hydrogen) atoms. The van der Waals surface area contributed by atoms with E-state index in [2.05, 4.69) is 15.0 Å². The van der Waals surface area contributed by atoms with Crippen LogP contribution in [0, 0.1) is 0 Å². The Balaban J connectivity index is 2.76. The van der Waals surface area contributed by atoms with Gasteiger partial charge in [-0.15, -0.1) is 0 Å². The Labute approximate surface area is 63.5 Å². The molecule has 56 valence electrons. The van der Waals surface area contributed by atoms with Crippen LogP contribution in [-0.4, -0.2) is 15.0 Å². The van der Waals surface area contributed by atoms with E-state index in [1.165, 1.54) is 0 Å². The van der Waals surface area contributed by atoms with Crippen molar-refractivity contribution in [1.82, 2.24) is 15.0 Å². The number of aromatic nitrogens is 3. The molecule has 0 atom stereocenters. The molecule has 2 aromatic rings. The van der Waals surface area contributed by atoms with Crippen LogP contribution in [0.1, 0.15) is 5.56 Å². The summed E-state index contributed by atoms with van der Waals surface area (Å²) in [6.07, 6.45) is 5.15. The van der Waals surface area contributed by atoms with Crippen LogP contribution in [0.5, 0.6) is 0 Å². The maximum absolute atomic E-state index is 5.47. The predicted octanol–water partition coefficient (Wildman–Crippen LogP) is 0.417. The molecular weight excluding hydrogens is 140 g/mol. The van der Waals surface area contributed by atoms with Crippen LogP contribution in [0.15, 0.2) is 18.6 Å². The Hall–Kier alpha value is -1.42. The van der Waals surface area contributed by atoms with E-state index in [0.29, 0.717) is 6.54 Å². The summed E-state index contributed by atoms with van der Waals surface area (Å²) in [6.45, 7) is 0.499. The quantitative estimate of drug-likeness (QED) is 0.615. The van der Waals surface area contributed by atoms with Crippen LogP contribution >= 0.6 is 0 Å². The predicted molar refractivity (Wildman–Crippen MR) is 41.8 cm³/mol. The number of H-pyrrole nitrogens is 1. The minimum atomic E-state index is 0.499. The third kappa shape index (κ3) is 0.877. The Morgan fingerprint density at radius 3 is 3.00 bits per heavy atom. The number of rotatable bonds is 1. The Morgan fingerprint density at radius 2 is 2.18 bits per heavy atom. The summed E-state index contributed by atoms with van der Waals surface area (Å²) in [5.74, 6) is 0. The summed E-state index contributed by atoms with van der Waals surface area (Å²) in [4.78, 5) is 11.2. The maximum Gasteiger partial charge on any atom is 0.156 e. The maximum atomic E-state index is 5.47. The fourth-order valence-electron chi connectivity index (χ4n) is 1.06. The molecule has 4 heteroatoms. The third-order valence-corrected chi connectivity index (χ3v) is 1.61. The number of nitrogens with zero attached hydrogens (tertiary/aromatic N) is 2. The van der Waals surface area contributed by atoms with Crippen LogP contribution < -0.4 is 5.73 Å². The summed E-state index contributed by atoms with van der Waals surface area (Å²) in [5.41, 5.74) is 8.15. The Bertz CT molecular complexity index is 365. The van der Waals surface area contributed by atoms with Gasteiger partial charge in [-0.2, -0.15) is 0 Å². The highest BCUT2D eigenvalue weighted by Gasteiger charge is 2.01. The molecule has 0 spiro atoms. The molecular formula is C7H8N4. The second kappa shape index (κ2) is 2.32. The van der Waals surface area contributed by atoms with Crippen molar-refractivity contribution in [1.29, 1.82) is 0 Å². The van der Waals surface area contributed by atoms with Gasteiger partial charge in [-0.05, 0) is 0 Å². The molecule has 2 aromatic heterocycles. The van der Waals surface area contributed by atoms with Gasteiger partial charge in [0, 0.05) is 30.7 Å². The fourth-order valence-corrected chi connectivity index (χ4v) is 1.06. The first-order valence-electron chi connectivity index (χ1n) is 3.39. The van der Waals surface area contributed by atoms with Crippen molar-refractivity contribution in [2.75, 3.05) is 0 Å². The third-order valence-electron chi connectivity index (χ3n) is 1.61. The summed E-state index contributed by atoms with van der Waals surface area (Å²) in [5, 5.41) is 0. The highest BCUT2D eigenvalue weighted by molar-refractivity contribution is 5.74. The molecule has 3 N–H and O–H groups in total. The summed E-state index contributed by atoms with van der Waals surface area (Å²) < 4.78 is 0.